The molecule has 0 aromatic carbocycles. The fourth-order valence-electron chi connectivity index (χ4n) is 0.935. The maximum Gasteiger partial charge on any atom is 0.251 e. The number of rotatable bonds is 3. The molecule has 1 aromatic heterocycles. The molecule has 0 radical (unpaired) electrons. The highest BCUT2D eigenvalue weighted by Crippen LogP contribution is 1.99. The van der Waals surface area contributed by atoms with E-state index in [4.69, 9.17) is 5.73 Å². The summed E-state index contributed by atoms with van der Waals surface area (Å²) in [6.45, 7) is 0.319. The van der Waals surface area contributed by atoms with Crippen LogP contribution in [0.1, 0.15) is 5.69 Å². The molecule has 0 spiro atoms. The second-order valence-corrected chi connectivity index (χ2v) is 4.78. The van der Waals surface area contributed by atoms with Gasteiger partial charge in [0.15, 0.2) is 0 Å². The van der Waals surface area contributed by atoms with E-state index in [-0.39, 0.29) is 5.16 Å². The summed E-state index contributed by atoms with van der Waals surface area (Å²) in [5, 5.41) is -0.312. The molecular weight excluding hydrogens is 206 g/mol. The molecule has 0 fully saturated rings. The van der Waals surface area contributed by atoms with Crippen molar-refractivity contribution in [2.45, 2.75) is 11.6 Å². The molecule has 0 atom stereocenters. The Morgan fingerprint density at radius 1 is 1.57 bits per heavy atom. The van der Waals surface area contributed by atoms with Gasteiger partial charge in [0.1, 0.15) is 0 Å². The van der Waals surface area contributed by atoms with E-state index in [0.29, 0.717) is 18.7 Å². The number of hydrogen-bond acceptors (Lipinski definition) is 5. The van der Waals surface area contributed by atoms with E-state index in [1.807, 2.05) is 0 Å². The van der Waals surface area contributed by atoms with Gasteiger partial charge in [-0.2, -0.15) is 0 Å². The zero-order valence-electron chi connectivity index (χ0n) is 7.65. The number of nitrogens with one attached hydrogen (secondary N) is 1. The highest BCUT2D eigenvalue weighted by molar-refractivity contribution is 7.90. The van der Waals surface area contributed by atoms with Gasteiger partial charge in [0.25, 0.3) is 5.56 Å². The van der Waals surface area contributed by atoms with Crippen LogP contribution in [0.5, 0.6) is 0 Å². The van der Waals surface area contributed by atoms with Gasteiger partial charge in [-0.05, 0) is 6.54 Å². The van der Waals surface area contributed by atoms with E-state index in [2.05, 4.69) is 9.97 Å². The molecular formula is C7H11N3O3S. The second-order valence-electron chi connectivity index (χ2n) is 2.85. The first kappa shape index (κ1) is 10.9. The summed E-state index contributed by atoms with van der Waals surface area (Å²) in [6, 6.07) is 1.24. The number of H-pyrrole nitrogens is 1. The summed E-state index contributed by atoms with van der Waals surface area (Å²) in [6.07, 6.45) is 1.37. The molecule has 7 heteroatoms. The lowest BCUT2D eigenvalue weighted by Gasteiger charge is -2.00. The third-order valence-corrected chi connectivity index (χ3v) is 2.42. The van der Waals surface area contributed by atoms with E-state index in [0.717, 1.165) is 6.26 Å². The molecule has 0 unspecified atom stereocenters. The molecule has 1 rings (SSSR count). The van der Waals surface area contributed by atoms with Crippen LogP contribution in [-0.4, -0.2) is 31.2 Å². The van der Waals surface area contributed by atoms with Crippen molar-refractivity contribution < 1.29 is 8.42 Å². The summed E-state index contributed by atoms with van der Waals surface area (Å²) in [7, 11) is -3.47. The van der Waals surface area contributed by atoms with Crippen molar-refractivity contribution in [3.8, 4) is 0 Å². The van der Waals surface area contributed by atoms with Crippen LogP contribution < -0.4 is 11.3 Å². The van der Waals surface area contributed by atoms with Crippen LogP contribution in [0.3, 0.4) is 0 Å². The zero-order valence-corrected chi connectivity index (χ0v) is 8.47. The fourth-order valence-corrected chi connectivity index (χ4v) is 1.50. The first-order chi connectivity index (χ1) is 6.43. The second kappa shape index (κ2) is 3.89. The lowest BCUT2D eigenvalue weighted by Crippen LogP contribution is -2.17. The Morgan fingerprint density at radius 2 is 2.21 bits per heavy atom. The Labute approximate surface area is 81.1 Å². The number of nitrogens with two attached hydrogens (primary N) is 1. The molecule has 78 valence electrons. The molecule has 0 aliphatic carbocycles. The van der Waals surface area contributed by atoms with Crippen molar-refractivity contribution in [1.29, 1.82) is 0 Å². The van der Waals surface area contributed by atoms with Gasteiger partial charge in [-0.25, -0.2) is 13.4 Å². The SMILES string of the molecule is CS(=O)(=O)c1nc(CCN)cc(=O)[nH]1. The quantitative estimate of drug-likeness (QED) is 0.610. The molecule has 0 saturated heterocycles. The van der Waals surface area contributed by atoms with Crippen molar-refractivity contribution in [3.63, 3.8) is 0 Å². The topological polar surface area (TPSA) is 106 Å². The minimum absolute atomic E-state index is 0.312. The van der Waals surface area contributed by atoms with Crippen LogP contribution in [0.4, 0.5) is 0 Å². The van der Waals surface area contributed by atoms with Crippen LogP contribution in [0.2, 0.25) is 0 Å². The highest BCUT2D eigenvalue weighted by Gasteiger charge is 2.11. The first-order valence-corrected chi connectivity index (χ1v) is 5.83. The lowest BCUT2D eigenvalue weighted by atomic mass is 10.3. The molecule has 0 aliphatic heterocycles. The van der Waals surface area contributed by atoms with E-state index in [1.165, 1.54) is 6.07 Å². The molecule has 0 saturated carbocycles. The van der Waals surface area contributed by atoms with Crippen LogP contribution in [0, 0.1) is 0 Å². The Hall–Kier alpha value is -1.21. The Morgan fingerprint density at radius 3 is 2.71 bits per heavy atom. The van der Waals surface area contributed by atoms with Gasteiger partial charge in [-0.1, -0.05) is 0 Å². The maximum absolute atomic E-state index is 11.1. The lowest BCUT2D eigenvalue weighted by molar-refractivity contribution is 0.590. The van der Waals surface area contributed by atoms with E-state index in [1.54, 1.807) is 0 Å². The van der Waals surface area contributed by atoms with Gasteiger partial charge in [0.2, 0.25) is 15.0 Å². The predicted molar refractivity (Wildman–Crippen MR) is 50.7 cm³/mol. The standard InChI is InChI=1S/C7H11N3O3S/c1-14(12,13)7-9-5(2-3-8)4-6(11)10-7/h4H,2-3,8H2,1H3,(H,9,10,11). The van der Waals surface area contributed by atoms with E-state index < -0.39 is 15.4 Å². The zero-order chi connectivity index (χ0) is 10.8. The summed E-state index contributed by atoms with van der Waals surface area (Å²) >= 11 is 0. The number of aromatic nitrogens is 2. The van der Waals surface area contributed by atoms with Gasteiger partial charge in [-0.3, -0.25) is 9.78 Å². The summed E-state index contributed by atoms with van der Waals surface area (Å²) < 4.78 is 22.2. The Bertz CT molecular complexity index is 477. The van der Waals surface area contributed by atoms with E-state index in [9.17, 15) is 13.2 Å². The predicted octanol–water partition coefficient (Wildman–Crippen LogP) is -1.33. The highest BCUT2D eigenvalue weighted by atomic mass is 32.2. The molecule has 3 N–H and O–H groups in total. The molecule has 1 heterocycles. The average molecular weight is 217 g/mol. The summed E-state index contributed by atoms with van der Waals surface area (Å²) in [5.74, 6) is 0. The third-order valence-electron chi connectivity index (χ3n) is 1.52. The van der Waals surface area contributed by atoms with Crippen molar-refractivity contribution in [2.75, 3.05) is 12.8 Å². The number of sulfone groups is 1. The van der Waals surface area contributed by atoms with Gasteiger partial charge >= 0.3 is 0 Å². The fraction of sp³-hybridized carbons (Fsp3) is 0.429. The van der Waals surface area contributed by atoms with Crippen LogP contribution in [-0.2, 0) is 16.3 Å². The monoisotopic (exact) mass is 217 g/mol. The molecule has 14 heavy (non-hydrogen) atoms. The minimum Gasteiger partial charge on any atom is -0.330 e. The van der Waals surface area contributed by atoms with Gasteiger partial charge < -0.3 is 5.73 Å². The van der Waals surface area contributed by atoms with Crippen molar-refractivity contribution >= 4 is 9.84 Å². The van der Waals surface area contributed by atoms with Crippen LogP contribution in [0.25, 0.3) is 0 Å². The first-order valence-electron chi connectivity index (χ1n) is 3.94. The summed E-state index contributed by atoms with van der Waals surface area (Å²) in [4.78, 5) is 17.0. The Balaban J connectivity index is 3.28. The number of hydrogen-bond donors (Lipinski definition) is 2. The molecule has 0 aliphatic rings. The van der Waals surface area contributed by atoms with Crippen molar-refractivity contribution in [2.24, 2.45) is 5.73 Å². The maximum atomic E-state index is 11.1. The average Bonchev–Trinajstić information content (AvgIpc) is 2.02. The Kier molecular flexibility index (Phi) is 3.02. The van der Waals surface area contributed by atoms with Crippen LogP contribution >= 0.6 is 0 Å². The number of nitrogens with zero attached hydrogens (tertiary/aromatic N) is 1. The largest absolute Gasteiger partial charge is 0.330 e. The molecule has 1 aromatic rings. The molecule has 0 bridgehead atoms. The normalized spacial score (nSPS) is 11.6. The number of aromatic amines is 1. The summed E-state index contributed by atoms with van der Waals surface area (Å²) in [5.41, 5.74) is 5.17. The van der Waals surface area contributed by atoms with Gasteiger partial charge in [-0.15, -0.1) is 0 Å². The van der Waals surface area contributed by atoms with Gasteiger partial charge in [0, 0.05) is 18.7 Å². The smallest absolute Gasteiger partial charge is 0.251 e. The van der Waals surface area contributed by atoms with E-state index >= 15 is 0 Å². The van der Waals surface area contributed by atoms with Gasteiger partial charge in [0.05, 0.1) is 5.69 Å². The van der Waals surface area contributed by atoms with Crippen molar-refractivity contribution in [1.82, 2.24) is 9.97 Å². The third kappa shape index (κ3) is 2.64. The molecule has 6 nitrogen and oxygen atoms in total. The van der Waals surface area contributed by atoms with Crippen LogP contribution in [0.15, 0.2) is 16.0 Å². The molecule has 0 amide bonds. The van der Waals surface area contributed by atoms with Crippen molar-refractivity contribution in [3.05, 3.63) is 22.1 Å². The minimum atomic E-state index is -3.47.